The highest BCUT2D eigenvalue weighted by molar-refractivity contribution is 5.44. The Balaban J connectivity index is 1.73. The summed E-state index contributed by atoms with van der Waals surface area (Å²) in [6.45, 7) is 5.38. The molecule has 0 fully saturated rings. The van der Waals surface area contributed by atoms with Crippen molar-refractivity contribution in [1.29, 1.82) is 0 Å². The quantitative estimate of drug-likeness (QED) is 0.868. The Morgan fingerprint density at radius 3 is 2.68 bits per heavy atom. The first kappa shape index (κ1) is 17.7. The van der Waals surface area contributed by atoms with Crippen LogP contribution in [0.5, 0.6) is 11.5 Å². The first-order valence-electron chi connectivity index (χ1n) is 8.40. The molecule has 1 atom stereocenters. The number of benzene rings is 1. The first-order valence-corrected chi connectivity index (χ1v) is 8.40. The first-order chi connectivity index (χ1) is 12.0. The molecule has 25 heavy (non-hydrogen) atoms. The smallest absolute Gasteiger partial charge is 0.163 e. The van der Waals surface area contributed by atoms with Crippen LogP contribution in [0.15, 0.2) is 18.3 Å². The zero-order valence-corrected chi connectivity index (χ0v) is 15.2. The molecule has 6 nitrogen and oxygen atoms in total. The number of methoxy groups -OCH3 is 2. The van der Waals surface area contributed by atoms with Gasteiger partial charge in [0.25, 0.3) is 0 Å². The number of hydrogen-bond donors (Lipinski definition) is 1. The van der Waals surface area contributed by atoms with Crippen LogP contribution in [0, 0.1) is 5.82 Å². The van der Waals surface area contributed by atoms with Gasteiger partial charge in [0, 0.05) is 42.9 Å². The Morgan fingerprint density at radius 1 is 1.24 bits per heavy atom. The van der Waals surface area contributed by atoms with Gasteiger partial charge in [-0.15, -0.1) is 0 Å². The average Bonchev–Trinajstić information content (AvgIpc) is 3.01. The van der Waals surface area contributed by atoms with E-state index in [-0.39, 0.29) is 11.9 Å². The number of aromatic nitrogens is 2. The van der Waals surface area contributed by atoms with Crippen molar-refractivity contribution in [3.8, 4) is 11.5 Å². The molecule has 1 unspecified atom stereocenters. The van der Waals surface area contributed by atoms with Crippen molar-refractivity contribution in [2.45, 2.75) is 32.6 Å². The monoisotopic (exact) mass is 348 g/mol. The van der Waals surface area contributed by atoms with Gasteiger partial charge < -0.3 is 14.8 Å². The lowest BCUT2D eigenvalue weighted by Gasteiger charge is -2.24. The third-order valence-corrected chi connectivity index (χ3v) is 4.72. The lowest BCUT2D eigenvalue weighted by atomic mass is 10.1. The number of nitrogens with zero attached hydrogens (tertiary/aromatic N) is 3. The molecule has 1 aliphatic heterocycles. The molecule has 136 valence electrons. The number of likely N-dealkylation sites (N-methyl/N-ethyl adjacent to an activating group) is 1. The summed E-state index contributed by atoms with van der Waals surface area (Å²) in [6, 6.07) is 2.88. The van der Waals surface area contributed by atoms with Crippen LogP contribution in [0.3, 0.4) is 0 Å². The summed E-state index contributed by atoms with van der Waals surface area (Å²) in [5, 5.41) is 7.84. The minimum absolute atomic E-state index is 0.170. The highest BCUT2D eigenvalue weighted by Crippen LogP contribution is 2.32. The lowest BCUT2D eigenvalue weighted by molar-refractivity contribution is 0.257. The summed E-state index contributed by atoms with van der Waals surface area (Å²) in [4.78, 5) is 2.28. The molecule has 1 aromatic heterocycles. The molecular formula is C18H25FN4O2. The lowest BCUT2D eigenvalue weighted by Crippen LogP contribution is -2.31. The van der Waals surface area contributed by atoms with Crippen LogP contribution in [-0.2, 0) is 19.6 Å². The molecule has 0 amide bonds. The van der Waals surface area contributed by atoms with E-state index in [1.807, 2.05) is 13.1 Å². The zero-order chi connectivity index (χ0) is 18.0. The SMILES string of the molecule is COc1cc(F)c(C(C)NCc2cnn3c2CN(C)CC3)cc1OC. The molecule has 0 bridgehead atoms. The molecule has 1 aromatic carbocycles. The predicted octanol–water partition coefficient (Wildman–Crippen LogP) is 2.34. The van der Waals surface area contributed by atoms with Crippen molar-refractivity contribution >= 4 is 0 Å². The number of nitrogens with one attached hydrogen (secondary N) is 1. The van der Waals surface area contributed by atoms with Crippen LogP contribution in [-0.4, -0.2) is 42.5 Å². The van der Waals surface area contributed by atoms with Crippen LogP contribution in [0.4, 0.5) is 4.39 Å². The van der Waals surface area contributed by atoms with Crippen LogP contribution in [0.2, 0.25) is 0 Å². The van der Waals surface area contributed by atoms with E-state index < -0.39 is 0 Å². The van der Waals surface area contributed by atoms with Gasteiger partial charge in [0.15, 0.2) is 11.5 Å². The summed E-state index contributed by atoms with van der Waals surface area (Å²) in [7, 11) is 5.15. The fraction of sp³-hybridized carbons (Fsp3) is 0.500. The summed E-state index contributed by atoms with van der Waals surface area (Å²) in [5.41, 5.74) is 2.93. The highest BCUT2D eigenvalue weighted by atomic mass is 19.1. The van der Waals surface area contributed by atoms with Gasteiger partial charge in [0.05, 0.1) is 32.7 Å². The molecule has 3 rings (SSSR count). The van der Waals surface area contributed by atoms with Gasteiger partial charge in [-0.1, -0.05) is 0 Å². The number of ether oxygens (including phenoxy) is 2. The number of halogens is 1. The minimum atomic E-state index is -0.311. The van der Waals surface area contributed by atoms with E-state index in [1.165, 1.54) is 18.9 Å². The maximum Gasteiger partial charge on any atom is 0.163 e. The van der Waals surface area contributed by atoms with E-state index >= 15 is 0 Å². The van der Waals surface area contributed by atoms with E-state index in [4.69, 9.17) is 9.47 Å². The van der Waals surface area contributed by atoms with Crippen LogP contribution < -0.4 is 14.8 Å². The standard InChI is InChI=1S/C18H25FN4O2/c1-12(14-7-17(24-3)18(25-4)8-15(14)19)20-9-13-10-21-23-6-5-22(2)11-16(13)23/h7-8,10,12,20H,5-6,9,11H2,1-4H3. The fourth-order valence-corrected chi connectivity index (χ4v) is 3.15. The topological polar surface area (TPSA) is 51.5 Å². The van der Waals surface area contributed by atoms with Gasteiger partial charge >= 0.3 is 0 Å². The summed E-state index contributed by atoms with van der Waals surface area (Å²) in [6.07, 6.45) is 1.90. The van der Waals surface area contributed by atoms with Gasteiger partial charge in [0.1, 0.15) is 5.82 Å². The van der Waals surface area contributed by atoms with E-state index in [0.717, 1.165) is 25.2 Å². The molecule has 0 spiro atoms. The van der Waals surface area contributed by atoms with Crippen LogP contribution >= 0.6 is 0 Å². The average molecular weight is 348 g/mol. The normalized spacial score (nSPS) is 15.7. The second-order valence-corrected chi connectivity index (χ2v) is 6.41. The Bertz CT molecular complexity index is 747. The fourth-order valence-electron chi connectivity index (χ4n) is 3.15. The summed E-state index contributed by atoms with van der Waals surface area (Å²) in [5.74, 6) is 0.608. The highest BCUT2D eigenvalue weighted by Gasteiger charge is 2.20. The van der Waals surface area contributed by atoms with Crippen molar-refractivity contribution in [1.82, 2.24) is 20.0 Å². The van der Waals surface area contributed by atoms with Crippen molar-refractivity contribution in [3.63, 3.8) is 0 Å². The molecule has 0 saturated carbocycles. The maximum absolute atomic E-state index is 14.4. The Hall–Kier alpha value is -2.12. The molecule has 2 heterocycles. The largest absolute Gasteiger partial charge is 0.493 e. The summed E-state index contributed by atoms with van der Waals surface area (Å²) < 4.78 is 26.9. The molecule has 1 N–H and O–H groups in total. The van der Waals surface area contributed by atoms with E-state index in [9.17, 15) is 4.39 Å². The van der Waals surface area contributed by atoms with Crippen molar-refractivity contribution in [2.75, 3.05) is 27.8 Å². The van der Waals surface area contributed by atoms with Crippen LogP contribution in [0.1, 0.15) is 29.8 Å². The second-order valence-electron chi connectivity index (χ2n) is 6.41. The maximum atomic E-state index is 14.4. The third-order valence-electron chi connectivity index (χ3n) is 4.72. The van der Waals surface area contributed by atoms with Crippen molar-refractivity contribution < 1.29 is 13.9 Å². The number of rotatable bonds is 6. The predicted molar refractivity (Wildman–Crippen MR) is 93.3 cm³/mol. The zero-order valence-electron chi connectivity index (χ0n) is 15.2. The van der Waals surface area contributed by atoms with E-state index in [0.29, 0.717) is 23.6 Å². The molecular weight excluding hydrogens is 323 g/mol. The van der Waals surface area contributed by atoms with Crippen LogP contribution in [0.25, 0.3) is 0 Å². The number of fused-ring (bicyclic) bond motifs is 1. The van der Waals surface area contributed by atoms with Gasteiger partial charge in [-0.25, -0.2) is 4.39 Å². The number of hydrogen-bond acceptors (Lipinski definition) is 5. The van der Waals surface area contributed by atoms with Gasteiger partial charge in [-0.3, -0.25) is 9.58 Å². The molecule has 1 aliphatic rings. The van der Waals surface area contributed by atoms with Crippen molar-refractivity contribution in [3.05, 3.63) is 41.0 Å². The molecule has 0 saturated heterocycles. The summed E-state index contributed by atoms with van der Waals surface area (Å²) >= 11 is 0. The molecule has 0 radical (unpaired) electrons. The van der Waals surface area contributed by atoms with Gasteiger partial charge in [-0.05, 0) is 20.0 Å². The molecule has 7 heteroatoms. The van der Waals surface area contributed by atoms with Gasteiger partial charge in [0.2, 0.25) is 0 Å². The second kappa shape index (κ2) is 7.41. The van der Waals surface area contributed by atoms with E-state index in [1.54, 1.807) is 13.2 Å². The Morgan fingerprint density at radius 2 is 1.96 bits per heavy atom. The third kappa shape index (κ3) is 3.62. The van der Waals surface area contributed by atoms with E-state index in [2.05, 4.69) is 27.0 Å². The van der Waals surface area contributed by atoms with Crippen molar-refractivity contribution in [2.24, 2.45) is 0 Å². The molecule has 0 aliphatic carbocycles. The van der Waals surface area contributed by atoms with Gasteiger partial charge in [-0.2, -0.15) is 5.10 Å². The molecule has 2 aromatic rings. The Kier molecular flexibility index (Phi) is 5.24. The minimum Gasteiger partial charge on any atom is -0.493 e. The Labute approximate surface area is 147 Å².